The number of aromatic nitrogens is 1. The number of hydrogen-bond donors (Lipinski definition) is 2. The molecule has 2 amide bonds. The van der Waals surface area contributed by atoms with Crippen LogP contribution < -0.4 is 10.8 Å². The minimum absolute atomic E-state index is 0.0528. The van der Waals surface area contributed by atoms with Crippen molar-refractivity contribution in [3.63, 3.8) is 0 Å². The van der Waals surface area contributed by atoms with Crippen LogP contribution in [0.15, 0.2) is 30.3 Å². The highest BCUT2D eigenvalue weighted by atomic mass is 16.5. The number of rotatable bonds is 1. The van der Waals surface area contributed by atoms with Crippen LogP contribution in [0, 0.1) is 0 Å². The minimum Gasteiger partial charge on any atom is -0.399 e. The SMILES string of the molecule is Nc1ccc2nc(C3CC(=O)[N+](O)C3=O)ccc2c1. The normalized spacial score (nSPS) is 20.4. The van der Waals surface area contributed by atoms with E-state index < -0.39 is 17.7 Å². The first-order valence-corrected chi connectivity index (χ1v) is 5.78. The van der Waals surface area contributed by atoms with Crippen LogP contribution in [0.4, 0.5) is 5.69 Å². The Labute approximate surface area is 108 Å². The van der Waals surface area contributed by atoms with Crippen LogP contribution in [0.5, 0.6) is 0 Å². The molecular weight excluding hydrogens is 246 g/mol. The maximum atomic E-state index is 11.7. The van der Waals surface area contributed by atoms with Gasteiger partial charge in [-0.15, -0.1) is 5.21 Å². The number of pyridine rings is 1. The van der Waals surface area contributed by atoms with E-state index >= 15 is 0 Å². The molecule has 1 aromatic heterocycles. The highest BCUT2D eigenvalue weighted by molar-refractivity contribution is 6.07. The highest BCUT2D eigenvalue weighted by Gasteiger charge is 2.52. The van der Waals surface area contributed by atoms with Gasteiger partial charge in [-0.25, -0.2) is 9.59 Å². The molecule has 0 aliphatic carbocycles. The quantitative estimate of drug-likeness (QED) is 0.342. The van der Waals surface area contributed by atoms with Crippen molar-refractivity contribution in [2.45, 2.75) is 12.3 Å². The van der Waals surface area contributed by atoms with Gasteiger partial charge in [-0.05, 0) is 24.3 Å². The number of nitrogens with zero attached hydrogens (tertiary/aromatic N) is 2. The third kappa shape index (κ3) is 1.87. The van der Waals surface area contributed by atoms with Gasteiger partial charge < -0.3 is 5.73 Å². The van der Waals surface area contributed by atoms with Gasteiger partial charge in [0.05, 0.1) is 17.6 Å². The molecule has 6 heteroatoms. The summed E-state index contributed by atoms with van der Waals surface area (Å²) in [4.78, 5) is 27.3. The second-order valence-corrected chi connectivity index (χ2v) is 4.49. The van der Waals surface area contributed by atoms with Crippen molar-refractivity contribution >= 4 is 28.4 Å². The van der Waals surface area contributed by atoms with E-state index in [1.807, 2.05) is 0 Å². The molecule has 1 unspecified atom stereocenters. The Morgan fingerprint density at radius 3 is 2.74 bits per heavy atom. The molecule has 1 radical (unpaired) electrons. The van der Waals surface area contributed by atoms with Gasteiger partial charge in [0.15, 0.2) is 0 Å². The Morgan fingerprint density at radius 1 is 1.26 bits per heavy atom. The lowest BCUT2D eigenvalue weighted by Crippen LogP contribution is -2.32. The maximum Gasteiger partial charge on any atom is 0.416 e. The molecule has 95 valence electrons. The van der Waals surface area contributed by atoms with Crippen LogP contribution >= 0.6 is 0 Å². The highest BCUT2D eigenvalue weighted by Crippen LogP contribution is 2.27. The van der Waals surface area contributed by atoms with Gasteiger partial charge in [0.25, 0.3) is 0 Å². The zero-order valence-electron chi connectivity index (χ0n) is 9.91. The number of hydroxylamine groups is 2. The first-order chi connectivity index (χ1) is 9.06. The topological polar surface area (TPSA) is 99.2 Å². The summed E-state index contributed by atoms with van der Waals surface area (Å²) < 4.78 is 0. The van der Waals surface area contributed by atoms with Crippen molar-refractivity contribution in [2.75, 3.05) is 5.73 Å². The zero-order valence-corrected chi connectivity index (χ0v) is 9.91. The lowest BCUT2D eigenvalue weighted by Gasteiger charge is -2.04. The predicted octanol–water partition coefficient (Wildman–Crippen LogP) is 0.887. The van der Waals surface area contributed by atoms with Crippen molar-refractivity contribution in [2.24, 2.45) is 0 Å². The average molecular weight is 257 g/mol. The lowest BCUT2D eigenvalue weighted by atomic mass is 10.0. The van der Waals surface area contributed by atoms with Gasteiger partial charge in [-0.1, -0.05) is 6.07 Å². The van der Waals surface area contributed by atoms with E-state index in [1.54, 1.807) is 30.3 Å². The summed E-state index contributed by atoms with van der Waals surface area (Å²) in [7, 11) is 0. The molecule has 3 N–H and O–H groups in total. The Morgan fingerprint density at radius 2 is 2.05 bits per heavy atom. The van der Waals surface area contributed by atoms with E-state index in [1.165, 1.54) is 0 Å². The summed E-state index contributed by atoms with van der Waals surface area (Å²) >= 11 is 0. The third-order valence-electron chi connectivity index (χ3n) is 3.21. The first-order valence-electron chi connectivity index (χ1n) is 5.78. The molecule has 1 aliphatic heterocycles. The number of carbonyl (C=O) groups is 2. The monoisotopic (exact) mass is 257 g/mol. The minimum atomic E-state index is -0.709. The summed E-state index contributed by atoms with van der Waals surface area (Å²) in [6.07, 6.45) is -0.0528. The maximum absolute atomic E-state index is 11.7. The zero-order chi connectivity index (χ0) is 13.6. The van der Waals surface area contributed by atoms with E-state index in [4.69, 9.17) is 5.73 Å². The third-order valence-corrected chi connectivity index (χ3v) is 3.21. The summed E-state index contributed by atoms with van der Waals surface area (Å²) in [6.45, 7) is 0. The van der Waals surface area contributed by atoms with Crippen LogP contribution in [0.25, 0.3) is 10.9 Å². The van der Waals surface area contributed by atoms with E-state index in [0.717, 1.165) is 5.39 Å². The van der Waals surface area contributed by atoms with Gasteiger partial charge in [0, 0.05) is 11.1 Å². The molecule has 6 nitrogen and oxygen atoms in total. The number of hydrogen-bond acceptors (Lipinski definition) is 5. The molecule has 19 heavy (non-hydrogen) atoms. The van der Waals surface area contributed by atoms with Crippen molar-refractivity contribution in [1.29, 1.82) is 0 Å². The summed E-state index contributed by atoms with van der Waals surface area (Å²) in [5, 5.41) is 10.3. The van der Waals surface area contributed by atoms with E-state index in [2.05, 4.69) is 4.98 Å². The Kier molecular flexibility index (Phi) is 2.55. The fourth-order valence-electron chi connectivity index (χ4n) is 2.20. The number of amides is 2. The van der Waals surface area contributed by atoms with Crippen molar-refractivity contribution in [1.82, 2.24) is 10.0 Å². The second kappa shape index (κ2) is 4.11. The lowest BCUT2D eigenvalue weighted by molar-refractivity contribution is -0.151. The van der Waals surface area contributed by atoms with Crippen molar-refractivity contribution in [3.05, 3.63) is 36.0 Å². The number of imide groups is 1. The standard InChI is InChI=1S/C13H11N3O3/c14-8-2-4-10-7(5-8)1-3-11(15-10)9-6-12(17)16(19)13(9)18/h1-5,9,19H,6,14H2/q+1. The van der Waals surface area contributed by atoms with E-state index in [9.17, 15) is 14.8 Å². The molecule has 0 saturated carbocycles. The molecule has 1 aliphatic rings. The van der Waals surface area contributed by atoms with Crippen LogP contribution in [-0.2, 0) is 9.59 Å². The van der Waals surface area contributed by atoms with Gasteiger partial charge in [0.1, 0.15) is 11.0 Å². The Hall–Kier alpha value is -2.31. The molecule has 2 aromatic rings. The Bertz CT molecular complexity index is 699. The van der Waals surface area contributed by atoms with E-state index in [-0.39, 0.29) is 11.5 Å². The van der Waals surface area contributed by atoms with Crippen LogP contribution in [-0.4, -0.2) is 22.0 Å². The average Bonchev–Trinajstić information content (AvgIpc) is 2.66. The van der Waals surface area contributed by atoms with Crippen LogP contribution in [0.3, 0.4) is 0 Å². The van der Waals surface area contributed by atoms with E-state index in [0.29, 0.717) is 16.9 Å². The number of carbonyl (C=O) groups excluding carboxylic acids is 2. The van der Waals surface area contributed by atoms with Gasteiger partial charge in [0.2, 0.25) is 0 Å². The molecule has 0 spiro atoms. The molecule has 1 saturated heterocycles. The smallest absolute Gasteiger partial charge is 0.399 e. The molecule has 1 fully saturated rings. The fourth-order valence-corrected chi connectivity index (χ4v) is 2.20. The summed E-state index contributed by atoms with van der Waals surface area (Å²) in [6, 6.07) is 8.74. The van der Waals surface area contributed by atoms with Gasteiger partial charge in [-0.2, -0.15) is 0 Å². The first kappa shape index (κ1) is 11.8. The molecule has 1 atom stereocenters. The molecule has 2 heterocycles. The largest absolute Gasteiger partial charge is 0.416 e. The van der Waals surface area contributed by atoms with Crippen molar-refractivity contribution in [3.8, 4) is 0 Å². The van der Waals surface area contributed by atoms with Crippen molar-refractivity contribution < 1.29 is 14.8 Å². The molecule has 0 bridgehead atoms. The van der Waals surface area contributed by atoms with Gasteiger partial charge >= 0.3 is 11.8 Å². The molecular formula is C13H11N3O3+. The number of anilines is 1. The van der Waals surface area contributed by atoms with Gasteiger partial charge in [-0.3, -0.25) is 4.98 Å². The summed E-state index contributed by atoms with van der Waals surface area (Å²) in [5.74, 6) is -1.94. The second-order valence-electron chi connectivity index (χ2n) is 4.49. The number of nitrogen functional groups attached to an aromatic ring is 1. The Balaban J connectivity index is 2.05. The summed E-state index contributed by atoms with van der Waals surface area (Å²) in [5.41, 5.74) is 7.49. The molecule has 3 rings (SSSR count). The fraction of sp³-hybridized carbons (Fsp3) is 0.154. The number of nitrogens with two attached hydrogens (primary N) is 1. The number of fused-ring (bicyclic) bond motifs is 1. The van der Waals surface area contributed by atoms with Crippen LogP contribution in [0.1, 0.15) is 18.0 Å². The van der Waals surface area contributed by atoms with Crippen LogP contribution in [0.2, 0.25) is 0 Å². The number of benzene rings is 1. The molecule has 1 aromatic carbocycles. The predicted molar refractivity (Wildman–Crippen MR) is 67.4 cm³/mol.